The Morgan fingerprint density at radius 2 is 2.00 bits per heavy atom. The van der Waals surface area contributed by atoms with Crippen LogP contribution in [-0.4, -0.2) is 32.1 Å². The van der Waals surface area contributed by atoms with Gasteiger partial charge in [-0.05, 0) is 46.3 Å². The molecule has 2 rings (SSSR count). The molecule has 0 unspecified atom stereocenters. The number of anilines is 1. The first-order valence-corrected chi connectivity index (χ1v) is 8.69. The van der Waals surface area contributed by atoms with Crippen molar-refractivity contribution in [1.82, 2.24) is 0 Å². The van der Waals surface area contributed by atoms with E-state index in [4.69, 9.17) is 10.00 Å². The molecule has 0 saturated carbocycles. The number of ether oxygens (including phenoxy) is 2. The summed E-state index contributed by atoms with van der Waals surface area (Å²) in [6.45, 7) is -0.321. The second-order valence-electron chi connectivity index (χ2n) is 5.33. The zero-order valence-corrected chi connectivity index (χ0v) is 16.0. The Bertz CT molecular complexity index is 882. The lowest BCUT2D eigenvalue weighted by Gasteiger charge is -2.22. The average molecular weight is 435 g/mol. The van der Waals surface area contributed by atoms with Crippen molar-refractivity contribution in [2.45, 2.75) is 6.42 Å². The maximum absolute atomic E-state index is 14.0. The van der Waals surface area contributed by atoms with Crippen LogP contribution in [0.25, 0.3) is 0 Å². The Labute approximate surface area is 164 Å². The third kappa shape index (κ3) is 5.28. The Morgan fingerprint density at radius 1 is 1.26 bits per heavy atom. The lowest BCUT2D eigenvalue weighted by Crippen LogP contribution is -2.36. The molecule has 8 heteroatoms. The van der Waals surface area contributed by atoms with Crippen LogP contribution in [-0.2, 0) is 9.53 Å². The number of rotatable bonds is 7. The van der Waals surface area contributed by atoms with E-state index in [1.165, 1.54) is 48.4 Å². The fourth-order valence-electron chi connectivity index (χ4n) is 2.29. The van der Waals surface area contributed by atoms with Crippen LogP contribution >= 0.6 is 15.9 Å². The third-order valence-electron chi connectivity index (χ3n) is 3.60. The Kier molecular flexibility index (Phi) is 7.32. The van der Waals surface area contributed by atoms with Crippen LogP contribution in [0.5, 0.6) is 5.75 Å². The first-order chi connectivity index (χ1) is 13.0. The Balaban J connectivity index is 2.13. The predicted octanol–water partition coefficient (Wildman–Crippen LogP) is 3.70. The van der Waals surface area contributed by atoms with E-state index in [2.05, 4.69) is 20.7 Å². The van der Waals surface area contributed by atoms with Crippen molar-refractivity contribution in [2.75, 3.05) is 25.2 Å². The number of nitriles is 1. The third-order valence-corrected chi connectivity index (χ3v) is 4.22. The predicted molar refractivity (Wildman–Crippen MR) is 100.0 cm³/mol. The van der Waals surface area contributed by atoms with Crippen LogP contribution in [0.15, 0.2) is 46.9 Å². The molecule has 0 fully saturated rings. The smallest absolute Gasteiger partial charge is 0.337 e. The second kappa shape index (κ2) is 9.69. The van der Waals surface area contributed by atoms with Crippen molar-refractivity contribution in [1.29, 1.82) is 5.26 Å². The maximum Gasteiger partial charge on any atom is 0.337 e. The molecule has 0 N–H and O–H groups in total. The fourth-order valence-corrected chi connectivity index (χ4v) is 2.79. The Morgan fingerprint density at radius 3 is 2.63 bits per heavy atom. The number of benzene rings is 2. The first-order valence-electron chi connectivity index (χ1n) is 7.90. The van der Waals surface area contributed by atoms with Crippen LogP contribution in [0.1, 0.15) is 16.8 Å². The number of halogens is 2. The fraction of sp³-hybridized carbons (Fsp3) is 0.211. The van der Waals surface area contributed by atoms with Crippen LogP contribution in [0.3, 0.4) is 0 Å². The molecule has 1 amide bonds. The van der Waals surface area contributed by atoms with Crippen molar-refractivity contribution in [3.8, 4) is 11.8 Å². The molecule has 2 aromatic carbocycles. The van der Waals surface area contributed by atoms with E-state index in [1.54, 1.807) is 6.07 Å². The Hall–Kier alpha value is -2.92. The van der Waals surface area contributed by atoms with E-state index < -0.39 is 17.7 Å². The number of hydrogen-bond acceptors (Lipinski definition) is 5. The molecule has 0 aliphatic heterocycles. The van der Waals surface area contributed by atoms with Crippen molar-refractivity contribution >= 4 is 33.5 Å². The molecular weight excluding hydrogens is 419 g/mol. The van der Waals surface area contributed by atoms with Gasteiger partial charge in [-0.25, -0.2) is 9.18 Å². The van der Waals surface area contributed by atoms with Gasteiger partial charge in [0.05, 0.1) is 35.3 Å². The summed E-state index contributed by atoms with van der Waals surface area (Å²) in [4.78, 5) is 25.2. The molecule has 2 aromatic rings. The zero-order chi connectivity index (χ0) is 19.8. The lowest BCUT2D eigenvalue weighted by atomic mass is 10.2. The van der Waals surface area contributed by atoms with Crippen molar-refractivity contribution in [3.63, 3.8) is 0 Å². The van der Waals surface area contributed by atoms with Gasteiger partial charge in [-0.15, -0.1) is 0 Å². The summed E-state index contributed by atoms with van der Waals surface area (Å²) < 4.78 is 24.6. The molecule has 0 aromatic heterocycles. The van der Waals surface area contributed by atoms with Crippen LogP contribution < -0.4 is 9.64 Å². The summed E-state index contributed by atoms with van der Waals surface area (Å²) in [7, 11) is 1.28. The highest BCUT2D eigenvalue weighted by molar-refractivity contribution is 9.10. The highest BCUT2D eigenvalue weighted by atomic mass is 79.9. The van der Waals surface area contributed by atoms with Crippen molar-refractivity contribution in [2.24, 2.45) is 0 Å². The SMILES string of the molecule is COC(=O)c1ccc(OCC(=O)N(CCC#N)c2ccccc2F)c(Br)c1. The number of methoxy groups -OCH3 is 1. The summed E-state index contributed by atoms with van der Waals surface area (Å²) >= 11 is 3.27. The molecule has 0 heterocycles. The summed E-state index contributed by atoms with van der Waals surface area (Å²) in [5.74, 6) is -1.22. The zero-order valence-electron chi connectivity index (χ0n) is 14.4. The van der Waals surface area contributed by atoms with Gasteiger partial charge in [0, 0.05) is 6.54 Å². The number of amides is 1. The normalized spacial score (nSPS) is 10.0. The summed E-state index contributed by atoms with van der Waals surface area (Å²) in [6, 6.07) is 12.3. The number of para-hydroxylation sites is 1. The molecule has 0 atom stereocenters. The molecule has 0 radical (unpaired) electrons. The van der Waals surface area contributed by atoms with Gasteiger partial charge in [0.1, 0.15) is 11.6 Å². The first kappa shape index (κ1) is 20.4. The van der Waals surface area contributed by atoms with E-state index in [0.717, 1.165) is 0 Å². The highest BCUT2D eigenvalue weighted by Gasteiger charge is 2.20. The molecule has 0 bridgehead atoms. The van der Waals surface area contributed by atoms with Gasteiger partial charge in [0.25, 0.3) is 5.91 Å². The van der Waals surface area contributed by atoms with Crippen molar-refractivity contribution < 1.29 is 23.5 Å². The molecule has 0 aliphatic rings. The molecule has 0 aliphatic carbocycles. The van der Waals surface area contributed by atoms with E-state index in [0.29, 0.717) is 15.8 Å². The van der Waals surface area contributed by atoms with Crippen molar-refractivity contribution in [3.05, 3.63) is 58.3 Å². The molecular formula is C19H16BrFN2O4. The van der Waals surface area contributed by atoms with Crippen LogP contribution in [0.2, 0.25) is 0 Å². The average Bonchev–Trinajstić information content (AvgIpc) is 2.67. The van der Waals surface area contributed by atoms with E-state index >= 15 is 0 Å². The summed E-state index contributed by atoms with van der Waals surface area (Å²) in [6.07, 6.45) is 0.0532. The molecule has 27 heavy (non-hydrogen) atoms. The largest absolute Gasteiger partial charge is 0.483 e. The highest BCUT2D eigenvalue weighted by Crippen LogP contribution is 2.27. The van der Waals surface area contributed by atoms with Gasteiger partial charge in [-0.2, -0.15) is 5.26 Å². The van der Waals surface area contributed by atoms with Crippen LogP contribution in [0.4, 0.5) is 10.1 Å². The van der Waals surface area contributed by atoms with E-state index in [9.17, 15) is 14.0 Å². The number of nitrogens with zero attached hydrogens (tertiary/aromatic N) is 2. The van der Waals surface area contributed by atoms with Gasteiger partial charge in [0.2, 0.25) is 0 Å². The topological polar surface area (TPSA) is 79.6 Å². The molecule has 0 saturated heterocycles. The van der Waals surface area contributed by atoms with Gasteiger partial charge >= 0.3 is 5.97 Å². The molecule has 6 nitrogen and oxygen atoms in total. The summed E-state index contributed by atoms with van der Waals surface area (Å²) in [5, 5.41) is 8.79. The standard InChI is InChI=1S/C19H16BrFN2O4/c1-26-19(25)13-7-8-17(14(20)11-13)27-12-18(24)23(10-4-9-22)16-6-3-2-5-15(16)21/h2-3,5-8,11H,4,10,12H2,1H3. The number of esters is 1. The van der Waals surface area contributed by atoms with Crippen LogP contribution in [0, 0.1) is 17.1 Å². The monoisotopic (exact) mass is 434 g/mol. The quantitative estimate of drug-likeness (QED) is 0.620. The second-order valence-corrected chi connectivity index (χ2v) is 6.18. The molecule has 0 spiro atoms. The minimum absolute atomic E-state index is 0.0437. The van der Waals surface area contributed by atoms with Gasteiger partial charge < -0.3 is 14.4 Å². The minimum atomic E-state index is -0.563. The van der Waals surface area contributed by atoms with Gasteiger partial charge in [-0.1, -0.05) is 12.1 Å². The van der Waals surface area contributed by atoms with E-state index in [-0.39, 0.29) is 25.3 Å². The molecule has 140 valence electrons. The van der Waals surface area contributed by atoms with Gasteiger partial charge in [-0.3, -0.25) is 4.79 Å². The van der Waals surface area contributed by atoms with Gasteiger partial charge in [0.15, 0.2) is 6.61 Å². The number of carbonyl (C=O) groups is 2. The van der Waals surface area contributed by atoms with E-state index in [1.807, 2.05) is 6.07 Å². The summed E-state index contributed by atoms with van der Waals surface area (Å²) in [5.41, 5.74) is 0.409. The number of hydrogen-bond donors (Lipinski definition) is 0. The number of carbonyl (C=O) groups excluding carboxylic acids is 2. The maximum atomic E-state index is 14.0. The minimum Gasteiger partial charge on any atom is -0.483 e. The lowest BCUT2D eigenvalue weighted by molar-refractivity contribution is -0.120.